The van der Waals surface area contributed by atoms with Crippen molar-refractivity contribution in [2.45, 2.75) is 13.0 Å². The molecule has 1 aromatic rings. The number of benzene rings is 1. The summed E-state index contributed by atoms with van der Waals surface area (Å²) >= 11 is 3.32. The van der Waals surface area contributed by atoms with Gasteiger partial charge in [-0.05, 0) is 30.7 Å². The van der Waals surface area contributed by atoms with Crippen LogP contribution in [0.25, 0.3) is 0 Å². The standard InChI is InChI=1S/C12H13BrFNO2/c13-11-5-10(14)2-1-8(11)6-15-4-3-9(7-15)12(16)17/h1-2,5,9H,3-4,6-7H2,(H,16,17). The SMILES string of the molecule is O=C(O)C1CCN(Cc2ccc(F)cc2Br)C1. The minimum atomic E-state index is -0.731. The first kappa shape index (κ1) is 12.5. The van der Waals surface area contributed by atoms with Gasteiger partial charge in [-0.2, -0.15) is 0 Å². The molecule has 0 bridgehead atoms. The molecule has 1 aliphatic rings. The Morgan fingerprint density at radius 2 is 2.35 bits per heavy atom. The molecule has 1 fully saturated rings. The number of aliphatic carboxylic acids is 1. The first-order valence-corrected chi connectivity index (χ1v) is 6.24. The molecule has 1 aromatic carbocycles. The summed E-state index contributed by atoms with van der Waals surface area (Å²) in [6, 6.07) is 4.58. The average molecular weight is 302 g/mol. The fraction of sp³-hybridized carbons (Fsp3) is 0.417. The number of carbonyl (C=O) groups is 1. The predicted octanol–water partition coefficient (Wildman–Crippen LogP) is 2.49. The molecular weight excluding hydrogens is 289 g/mol. The van der Waals surface area contributed by atoms with Gasteiger partial charge in [0.1, 0.15) is 5.82 Å². The van der Waals surface area contributed by atoms with Crippen molar-refractivity contribution >= 4 is 21.9 Å². The second-order valence-electron chi connectivity index (χ2n) is 4.29. The summed E-state index contributed by atoms with van der Waals surface area (Å²) in [5.41, 5.74) is 0.984. The highest BCUT2D eigenvalue weighted by Crippen LogP contribution is 2.23. The number of halogens is 2. The third kappa shape index (κ3) is 3.04. The average Bonchev–Trinajstić information content (AvgIpc) is 2.71. The van der Waals surface area contributed by atoms with E-state index in [-0.39, 0.29) is 11.7 Å². The van der Waals surface area contributed by atoms with E-state index in [0.29, 0.717) is 19.5 Å². The van der Waals surface area contributed by atoms with Gasteiger partial charge in [0, 0.05) is 17.6 Å². The summed E-state index contributed by atoms with van der Waals surface area (Å²) in [5.74, 6) is -1.27. The third-order valence-electron chi connectivity index (χ3n) is 3.03. The van der Waals surface area contributed by atoms with Crippen LogP contribution in [0, 0.1) is 11.7 Å². The molecule has 2 rings (SSSR count). The van der Waals surface area contributed by atoms with Crippen molar-refractivity contribution in [2.24, 2.45) is 5.92 Å². The zero-order chi connectivity index (χ0) is 12.4. The number of carboxylic acid groups (broad SMARTS) is 1. The van der Waals surface area contributed by atoms with Crippen LogP contribution in [0.1, 0.15) is 12.0 Å². The molecule has 3 nitrogen and oxygen atoms in total. The molecule has 0 aliphatic carbocycles. The van der Waals surface area contributed by atoms with Gasteiger partial charge in [0.25, 0.3) is 0 Å². The van der Waals surface area contributed by atoms with Gasteiger partial charge in [-0.3, -0.25) is 9.69 Å². The van der Waals surface area contributed by atoms with E-state index in [1.807, 2.05) is 0 Å². The predicted molar refractivity (Wildman–Crippen MR) is 65.1 cm³/mol. The highest BCUT2D eigenvalue weighted by Gasteiger charge is 2.27. The number of hydrogen-bond donors (Lipinski definition) is 1. The molecule has 17 heavy (non-hydrogen) atoms. The third-order valence-corrected chi connectivity index (χ3v) is 3.77. The Morgan fingerprint density at radius 1 is 1.59 bits per heavy atom. The molecule has 1 aliphatic heterocycles. The zero-order valence-corrected chi connectivity index (χ0v) is 10.8. The fourth-order valence-electron chi connectivity index (χ4n) is 2.07. The van der Waals surface area contributed by atoms with Crippen LogP contribution >= 0.6 is 15.9 Å². The second kappa shape index (κ2) is 5.14. The van der Waals surface area contributed by atoms with Crippen LogP contribution in [0.15, 0.2) is 22.7 Å². The van der Waals surface area contributed by atoms with Crippen LogP contribution in [0.4, 0.5) is 4.39 Å². The maximum Gasteiger partial charge on any atom is 0.307 e. The summed E-state index contributed by atoms with van der Waals surface area (Å²) in [7, 11) is 0. The molecule has 1 saturated heterocycles. The van der Waals surface area contributed by atoms with E-state index in [1.54, 1.807) is 6.07 Å². The van der Waals surface area contributed by atoms with E-state index in [9.17, 15) is 9.18 Å². The molecule has 0 amide bonds. The van der Waals surface area contributed by atoms with Crippen LogP contribution in [0.3, 0.4) is 0 Å². The number of rotatable bonds is 3. The molecule has 0 radical (unpaired) electrons. The number of hydrogen-bond acceptors (Lipinski definition) is 2. The molecule has 1 heterocycles. The van der Waals surface area contributed by atoms with Gasteiger partial charge >= 0.3 is 5.97 Å². The normalized spacial score (nSPS) is 20.7. The van der Waals surface area contributed by atoms with E-state index in [2.05, 4.69) is 20.8 Å². The second-order valence-corrected chi connectivity index (χ2v) is 5.15. The number of nitrogens with zero attached hydrogens (tertiary/aromatic N) is 1. The van der Waals surface area contributed by atoms with Crippen molar-refractivity contribution in [1.82, 2.24) is 4.90 Å². The van der Waals surface area contributed by atoms with Crippen LogP contribution in [0.5, 0.6) is 0 Å². The van der Waals surface area contributed by atoms with Crippen LogP contribution in [-0.2, 0) is 11.3 Å². The summed E-state index contributed by atoms with van der Waals surface area (Å²) in [5, 5.41) is 8.90. The Morgan fingerprint density at radius 3 is 2.94 bits per heavy atom. The van der Waals surface area contributed by atoms with Gasteiger partial charge in [-0.15, -0.1) is 0 Å². The van der Waals surface area contributed by atoms with Crippen molar-refractivity contribution in [3.05, 3.63) is 34.1 Å². The minimum Gasteiger partial charge on any atom is -0.481 e. The first-order chi connectivity index (χ1) is 8.06. The highest BCUT2D eigenvalue weighted by atomic mass is 79.9. The van der Waals surface area contributed by atoms with Crippen molar-refractivity contribution < 1.29 is 14.3 Å². The smallest absolute Gasteiger partial charge is 0.307 e. The topological polar surface area (TPSA) is 40.5 Å². The lowest BCUT2D eigenvalue weighted by atomic mass is 10.1. The lowest BCUT2D eigenvalue weighted by molar-refractivity contribution is -0.141. The number of likely N-dealkylation sites (tertiary alicyclic amines) is 1. The molecule has 92 valence electrons. The Balaban J connectivity index is 2.00. The Labute approximate surface area is 107 Å². The van der Waals surface area contributed by atoms with Crippen molar-refractivity contribution in [2.75, 3.05) is 13.1 Å². The molecule has 0 spiro atoms. The molecule has 1 unspecified atom stereocenters. The minimum absolute atomic E-state index is 0.269. The van der Waals surface area contributed by atoms with Gasteiger partial charge in [0.2, 0.25) is 0 Å². The Bertz CT molecular complexity index is 439. The van der Waals surface area contributed by atoms with E-state index < -0.39 is 5.97 Å². The van der Waals surface area contributed by atoms with Gasteiger partial charge in [0.05, 0.1) is 5.92 Å². The molecule has 5 heteroatoms. The van der Waals surface area contributed by atoms with Crippen molar-refractivity contribution in [3.8, 4) is 0 Å². The Hall–Kier alpha value is -0.940. The quantitative estimate of drug-likeness (QED) is 0.932. The summed E-state index contributed by atoms with van der Waals surface area (Å²) in [6.07, 6.45) is 0.689. The van der Waals surface area contributed by atoms with Gasteiger partial charge in [-0.1, -0.05) is 22.0 Å². The monoisotopic (exact) mass is 301 g/mol. The van der Waals surface area contributed by atoms with Crippen LogP contribution in [-0.4, -0.2) is 29.1 Å². The van der Waals surface area contributed by atoms with Crippen molar-refractivity contribution in [3.63, 3.8) is 0 Å². The van der Waals surface area contributed by atoms with Crippen molar-refractivity contribution in [1.29, 1.82) is 0 Å². The van der Waals surface area contributed by atoms with E-state index in [4.69, 9.17) is 5.11 Å². The molecule has 1 N–H and O–H groups in total. The van der Waals surface area contributed by atoms with Crippen LogP contribution in [0.2, 0.25) is 0 Å². The van der Waals surface area contributed by atoms with Gasteiger partial charge in [-0.25, -0.2) is 4.39 Å². The van der Waals surface area contributed by atoms with E-state index >= 15 is 0 Å². The van der Waals surface area contributed by atoms with E-state index in [0.717, 1.165) is 16.6 Å². The molecule has 1 atom stereocenters. The first-order valence-electron chi connectivity index (χ1n) is 5.45. The lowest BCUT2D eigenvalue weighted by Gasteiger charge is -2.16. The molecule has 0 saturated carbocycles. The fourth-order valence-corrected chi connectivity index (χ4v) is 2.54. The largest absolute Gasteiger partial charge is 0.481 e. The van der Waals surface area contributed by atoms with E-state index in [1.165, 1.54) is 12.1 Å². The highest BCUT2D eigenvalue weighted by molar-refractivity contribution is 9.10. The lowest BCUT2D eigenvalue weighted by Crippen LogP contribution is -2.23. The zero-order valence-electron chi connectivity index (χ0n) is 9.20. The van der Waals surface area contributed by atoms with Gasteiger partial charge < -0.3 is 5.11 Å². The summed E-state index contributed by atoms with van der Waals surface area (Å²) in [4.78, 5) is 12.9. The van der Waals surface area contributed by atoms with Crippen LogP contribution < -0.4 is 0 Å². The molecular formula is C12H13BrFNO2. The Kier molecular flexibility index (Phi) is 3.79. The maximum absolute atomic E-state index is 12.9. The molecule has 0 aromatic heterocycles. The maximum atomic E-state index is 12.9. The van der Waals surface area contributed by atoms with Gasteiger partial charge in [0.15, 0.2) is 0 Å². The summed E-state index contributed by atoms with van der Waals surface area (Å²) < 4.78 is 13.6. The number of carboxylic acids is 1. The summed E-state index contributed by atoms with van der Waals surface area (Å²) in [6.45, 7) is 2.00.